The second-order valence-electron chi connectivity index (χ2n) is 5.21. The highest BCUT2D eigenvalue weighted by atomic mass is 16.7. The van der Waals surface area contributed by atoms with Crippen molar-refractivity contribution in [3.63, 3.8) is 0 Å². The molecule has 0 unspecified atom stereocenters. The average molecular weight is 313 g/mol. The molecule has 0 fully saturated rings. The first-order valence-electron chi connectivity index (χ1n) is 6.99. The van der Waals surface area contributed by atoms with Gasteiger partial charge in [-0.2, -0.15) is 5.10 Å². The molecule has 0 bridgehead atoms. The molecule has 0 radical (unpaired) electrons. The van der Waals surface area contributed by atoms with E-state index in [0.29, 0.717) is 17.1 Å². The maximum absolute atomic E-state index is 11.2. The molecule has 1 heterocycles. The highest BCUT2D eigenvalue weighted by molar-refractivity contribution is 5.87. The third kappa shape index (κ3) is 3.08. The summed E-state index contributed by atoms with van der Waals surface area (Å²) >= 11 is 0. The zero-order valence-corrected chi connectivity index (χ0v) is 12.7. The third-order valence-electron chi connectivity index (χ3n) is 3.49. The Morgan fingerprint density at radius 3 is 2.65 bits per heavy atom. The van der Waals surface area contributed by atoms with Crippen molar-refractivity contribution in [2.24, 2.45) is 5.10 Å². The Hall–Kier alpha value is -3.09. The van der Waals surface area contributed by atoms with Gasteiger partial charge in [0.15, 0.2) is 11.5 Å². The number of rotatable bonds is 4. The molecule has 1 aliphatic rings. The lowest BCUT2D eigenvalue weighted by atomic mass is 10.1. The number of hydrogen-bond donors (Lipinski definition) is 1. The first-order chi connectivity index (χ1) is 11.0. The molecular formula is C16H15N3O4. The van der Waals surface area contributed by atoms with Crippen molar-refractivity contribution in [2.75, 3.05) is 12.2 Å². The van der Waals surface area contributed by atoms with Crippen molar-refractivity contribution in [3.05, 3.63) is 57.1 Å². The number of nitrogens with zero attached hydrogens (tertiary/aromatic N) is 2. The van der Waals surface area contributed by atoms with E-state index in [2.05, 4.69) is 10.5 Å². The molecule has 7 heteroatoms. The molecule has 1 aliphatic heterocycles. The number of nitrogens with one attached hydrogen (secondary N) is 1. The Morgan fingerprint density at radius 1 is 1.22 bits per heavy atom. The summed E-state index contributed by atoms with van der Waals surface area (Å²) < 4.78 is 10.4. The summed E-state index contributed by atoms with van der Waals surface area (Å²) in [6.07, 6.45) is 1.40. The maximum Gasteiger partial charge on any atom is 0.282 e. The highest BCUT2D eigenvalue weighted by Crippen LogP contribution is 2.37. The van der Waals surface area contributed by atoms with Crippen LogP contribution in [0.3, 0.4) is 0 Å². The SMILES string of the molecule is Cc1ccc(N/N=C\c2cc3c(cc2[N+](=O)[O-])OCO3)c(C)c1. The molecule has 118 valence electrons. The lowest BCUT2D eigenvalue weighted by molar-refractivity contribution is -0.385. The standard InChI is InChI=1S/C16H15N3O4/c1-10-3-4-13(11(2)5-10)18-17-8-12-6-15-16(23-9-22-15)7-14(12)19(20)21/h3-8,18H,9H2,1-2H3/b17-8-. The van der Waals surface area contributed by atoms with E-state index in [1.807, 2.05) is 32.0 Å². The molecule has 2 aromatic carbocycles. The van der Waals surface area contributed by atoms with E-state index in [-0.39, 0.29) is 12.5 Å². The highest BCUT2D eigenvalue weighted by Gasteiger charge is 2.22. The molecule has 0 aromatic heterocycles. The third-order valence-corrected chi connectivity index (χ3v) is 3.49. The fraction of sp³-hybridized carbons (Fsp3) is 0.188. The Labute approximate surface area is 132 Å². The van der Waals surface area contributed by atoms with E-state index in [1.165, 1.54) is 12.3 Å². The molecule has 0 amide bonds. The van der Waals surface area contributed by atoms with Crippen LogP contribution in [0.2, 0.25) is 0 Å². The van der Waals surface area contributed by atoms with Gasteiger partial charge in [-0.3, -0.25) is 15.5 Å². The average Bonchev–Trinajstić information content (AvgIpc) is 2.95. The first kappa shape index (κ1) is 14.8. The zero-order chi connectivity index (χ0) is 16.4. The predicted molar refractivity (Wildman–Crippen MR) is 86.4 cm³/mol. The van der Waals surface area contributed by atoms with Crippen molar-refractivity contribution >= 4 is 17.6 Å². The number of hydrogen-bond acceptors (Lipinski definition) is 6. The number of nitro groups is 1. The normalized spacial score (nSPS) is 12.6. The van der Waals surface area contributed by atoms with Crippen LogP contribution < -0.4 is 14.9 Å². The van der Waals surface area contributed by atoms with Gasteiger partial charge in [0, 0.05) is 0 Å². The zero-order valence-electron chi connectivity index (χ0n) is 12.7. The molecule has 0 saturated heterocycles. The summed E-state index contributed by atoms with van der Waals surface area (Å²) in [5.41, 5.74) is 6.20. The van der Waals surface area contributed by atoms with Crippen LogP contribution >= 0.6 is 0 Å². The van der Waals surface area contributed by atoms with E-state index in [9.17, 15) is 10.1 Å². The van der Waals surface area contributed by atoms with Gasteiger partial charge < -0.3 is 9.47 Å². The van der Waals surface area contributed by atoms with Crippen LogP contribution in [0.1, 0.15) is 16.7 Å². The van der Waals surface area contributed by atoms with Crippen LogP contribution in [0.5, 0.6) is 11.5 Å². The summed E-state index contributed by atoms with van der Waals surface area (Å²) in [7, 11) is 0. The largest absolute Gasteiger partial charge is 0.454 e. The first-order valence-corrected chi connectivity index (χ1v) is 6.99. The number of nitro benzene ring substituents is 1. The van der Waals surface area contributed by atoms with E-state index < -0.39 is 4.92 Å². The molecule has 1 N–H and O–H groups in total. The fourth-order valence-electron chi connectivity index (χ4n) is 2.32. The van der Waals surface area contributed by atoms with Gasteiger partial charge >= 0.3 is 0 Å². The number of benzene rings is 2. The number of ether oxygens (including phenoxy) is 2. The van der Waals surface area contributed by atoms with Crippen LogP contribution in [0.25, 0.3) is 0 Å². The van der Waals surface area contributed by atoms with Crippen molar-refractivity contribution in [3.8, 4) is 11.5 Å². The van der Waals surface area contributed by atoms with Crippen molar-refractivity contribution in [1.82, 2.24) is 0 Å². The van der Waals surface area contributed by atoms with Gasteiger partial charge in [0.1, 0.15) is 0 Å². The van der Waals surface area contributed by atoms with E-state index >= 15 is 0 Å². The van der Waals surface area contributed by atoms with Crippen LogP contribution in [0.15, 0.2) is 35.4 Å². The number of aryl methyl sites for hydroxylation is 2. The Morgan fingerprint density at radius 2 is 1.96 bits per heavy atom. The van der Waals surface area contributed by atoms with Crippen molar-refractivity contribution in [2.45, 2.75) is 13.8 Å². The second-order valence-corrected chi connectivity index (χ2v) is 5.21. The lowest BCUT2D eigenvalue weighted by Crippen LogP contribution is -1.97. The quantitative estimate of drug-likeness (QED) is 0.531. The minimum Gasteiger partial charge on any atom is -0.454 e. The van der Waals surface area contributed by atoms with Gasteiger partial charge in [-0.1, -0.05) is 17.7 Å². The van der Waals surface area contributed by atoms with Gasteiger partial charge in [0.2, 0.25) is 6.79 Å². The minimum absolute atomic E-state index is 0.0634. The van der Waals surface area contributed by atoms with Gasteiger partial charge in [0.05, 0.1) is 28.5 Å². The number of fused-ring (bicyclic) bond motifs is 1. The molecule has 2 aromatic rings. The van der Waals surface area contributed by atoms with Crippen LogP contribution in [0.4, 0.5) is 11.4 Å². The van der Waals surface area contributed by atoms with Crippen molar-refractivity contribution < 1.29 is 14.4 Å². The van der Waals surface area contributed by atoms with E-state index in [0.717, 1.165) is 16.8 Å². The maximum atomic E-state index is 11.2. The predicted octanol–water partition coefficient (Wildman–Crippen LogP) is 3.39. The van der Waals surface area contributed by atoms with Gasteiger partial charge in [0.25, 0.3) is 5.69 Å². The van der Waals surface area contributed by atoms with Crippen LogP contribution in [-0.2, 0) is 0 Å². The van der Waals surface area contributed by atoms with E-state index in [4.69, 9.17) is 9.47 Å². The molecule has 23 heavy (non-hydrogen) atoms. The summed E-state index contributed by atoms with van der Waals surface area (Å²) in [5, 5.41) is 15.3. The monoisotopic (exact) mass is 313 g/mol. The summed E-state index contributed by atoms with van der Waals surface area (Å²) in [4.78, 5) is 10.7. The minimum atomic E-state index is -0.472. The number of anilines is 1. The Balaban J connectivity index is 1.85. The summed E-state index contributed by atoms with van der Waals surface area (Å²) in [6.45, 7) is 4.04. The topological polar surface area (TPSA) is 86.0 Å². The summed E-state index contributed by atoms with van der Waals surface area (Å²) in [6, 6.07) is 8.80. The lowest BCUT2D eigenvalue weighted by Gasteiger charge is -2.05. The summed E-state index contributed by atoms with van der Waals surface area (Å²) in [5.74, 6) is 0.847. The van der Waals surface area contributed by atoms with Gasteiger partial charge in [-0.25, -0.2) is 0 Å². The molecule has 7 nitrogen and oxygen atoms in total. The van der Waals surface area contributed by atoms with Gasteiger partial charge in [-0.15, -0.1) is 0 Å². The Bertz CT molecular complexity index is 802. The molecule has 0 saturated carbocycles. The van der Waals surface area contributed by atoms with Gasteiger partial charge in [-0.05, 0) is 31.5 Å². The molecule has 0 aliphatic carbocycles. The molecule has 0 spiro atoms. The smallest absolute Gasteiger partial charge is 0.282 e. The van der Waals surface area contributed by atoms with Crippen LogP contribution in [0, 0.1) is 24.0 Å². The number of hydrazone groups is 1. The second kappa shape index (κ2) is 5.96. The molecule has 0 atom stereocenters. The molecule has 3 rings (SSSR count). The molecular weight excluding hydrogens is 298 g/mol. The van der Waals surface area contributed by atoms with Crippen LogP contribution in [-0.4, -0.2) is 17.9 Å². The fourth-order valence-corrected chi connectivity index (χ4v) is 2.32. The van der Waals surface area contributed by atoms with E-state index in [1.54, 1.807) is 6.07 Å². The Kier molecular flexibility index (Phi) is 3.84. The van der Waals surface area contributed by atoms with Crippen molar-refractivity contribution in [1.29, 1.82) is 0 Å².